The summed E-state index contributed by atoms with van der Waals surface area (Å²) in [6, 6.07) is 10.5. The summed E-state index contributed by atoms with van der Waals surface area (Å²) in [5, 5.41) is 0. The van der Waals surface area contributed by atoms with Gasteiger partial charge in [-0.25, -0.2) is 9.97 Å². The van der Waals surface area contributed by atoms with E-state index < -0.39 is 11.9 Å². The van der Waals surface area contributed by atoms with Gasteiger partial charge in [-0.1, -0.05) is 30.3 Å². The number of amides is 1. The Bertz CT molecular complexity index is 812. The third-order valence-corrected chi connectivity index (χ3v) is 5.05. The topological polar surface area (TPSA) is 49.3 Å². The van der Waals surface area contributed by atoms with Gasteiger partial charge in [0, 0.05) is 25.6 Å². The summed E-state index contributed by atoms with van der Waals surface area (Å²) in [5.41, 5.74) is 0.0813. The van der Waals surface area contributed by atoms with Gasteiger partial charge in [-0.05, 0) is 12.0 Å². The lowest BCUT2D eigenvalue weighted by Gasteiger charge is -2.26. The molecule has 2 atom stereocenters. The summed E-state index contributed by atoms with van der Waals surface area (Å²) in [6.07, 6.45) is -2.57. The first-order chi connectivity index (χ1) is 12.4. The van der Waals surface area contributed by atoms with Crippen LogP contribution in [0.15, 0.2) is 42.7 Å². The molecular formula is C18H17F3N4O. The standard InChI is InChI=1S/C18H17F3N4O/c19-18(20,21)15-9-16(23-11-22-15)24-7-6-13-14(24)8-17(26)25(13)10-12-4-2-1-3-5-12/h1-5,9,11,13-14H,6-8,10H2/t13-,14-/m0/s1. The monoisotopic (exact) mass is 362 g/mol. The van der Waals surface area contributed by atoms with Crippen LogP contribution in [-0.2, 0) is 17.5 Å². The fourth-order valence-corrected chi connectivity index (χ4v) is 3.86. The van der Waals surface area contributed by atoms with Gasteiger partial charge >= 0.3 is 6.18 Å². The minimum Gasteiger partial charge on any atom is -0.351 e. The Morgan fingerprint density at radius 2 is 1.88 bits per heavy atom. The van der Waals surface area contributed by atoms with Gasteiger partial charge in [-0.3, -0.25) is 4.79 Å². The Kier molecular flexibility index (Phi) is 4.05. The number of anilines is 1. The number of carbonyl (C=O) groups is 1. The summed E-state index contributed by atoms with van der Waals surface area (Å²) in [6.45, 7) is 1.09. The molecule has 2 aromatic rings. The molecule has 2 aliphatic rings. The predicted molar refractivity (Wildman–Crippen MR) is 88.2 cm³/mol. The maximum atomic E-state index is 12.9. The number of fused-ring (bicyclic) bond motifs is 1. The molecule has 0 unspecified atom stereocenters. The van der Waals surface area contributed by atoms with E-state index in [0.717, 1.165) is 18.0 Å². The molecule has 0 spiro atoms. The van der Waals surface area contributed by atoms with Gasteiger partial charge in [0.1, 0.15) is 17.8 Å². The van der Waals surface area contributed by atoms with E-state index in [-0.39, 0.29) is 23.8 Å². The van der Waals surface area contributed by atoms with Crippen molar-refractivity contribution in [2.75, 3.05) is 11.4 Å². The highest BCUT2D eigenvalue weighted by atomic mass is 19.4. The number of hydrogen-bond acceptors (Lipinski definition) is 4. The van der Waals surface area contributed by atoms with E-state index in [1.165, 1.54) is 0 Å². The number of nitrogens with zero attached hydrogens (tertiary/aromatic N) is 4. The number of hydrogen-bond donors (Lipinski definition) is 0. The normalized spacial score (nSPS) is 22.8. The Hall–Kier alpha value is -2.64. The highest BCUT2D eigenvalue weighted by molar-refractivity contribution is 5.81. The van der Waals surface area contributed by atoms with Crippen LogP contribution in [0.2, 0.25) is 0 Å². The highest BCUT2D eigenvalue weighted by Gasteiger charge is 2.47. The van der Waals surface area contributed by atoms with Crippen LogP contribution >= 0.6 is 0 Å². The smallest absolute Gasteiger partial charge is 0.351 e. The average Bonchev–Trinajstić information content (AvgIpc) is 3.15. The van der Waals surface area contributed by atoms with Crippen molar-refractivity contribution in [3.8, 4) is 0 Å². The van der Waals surface area contributed by atoms with Gasteiger partial charge in [0.15, 0.2) is 0 Å². The van der Waals surface area contributed by atoms with Crippen molar-refractivity contribution < 1.29 is 18.0 Å². The second kappa shape index (κ2) is 6.26. The Balaban J connectivity index is 1.55. The van der Waals surface area contributed by atoms with Gasteiger partial charge in [0.25, 0.3) is 0 Å². The predicted octanol–water partition coefficient (Wildman–Crippen LogP) is 2.88. The Labute approximate surface area is 148 Å². The van der Waals surface area contributed by atoms with Crippen LogP contribution in [0, 0.1) is 0 Å². The van der Waals surface area contributed by atoms with Crippen molar-refractivity contribution in [2.24, 2.45) is 0 Å². The molecule has 136 valence electrons. The SMILES string of the molecule is O=C1C[C@H]2[C@H](CCN2c2cc(C(F)(F)F)ncn2)N1Cc1ccccc1. The zero-order valence-corrected chi connectivity index (χ0v) is 13.9. The van der Waals surface area contributed by atoms with Crippen LogP contribution in [0.5, 0.6) is 0 Å². The first-order valence-electron chi connectivity index (χ1n) is 8.43. The largest absolute Gasteiger partial charge is 0.433 e. The average molecular weight is 362 g/mol. The molecule has 3 heterocycles. The van der Waals surface area contributed by atoms with E-state index in [2.05, 4.69) is 9.97 Å². The molecule has 0 radical (unpaired) electrons. The van der Waals surface area contributed by atoms with E-state index in [9.17, 15) is 18.0 Å². The second-order valence-corrected chi connectivity index (χ2v) is 6.59. The number of likely N-dealkylation sites (tertiary alicyclic amines) is 1. The van der Waals surface area contributed by atoms with Crippen molar-refractivity contribution in [1.82, 2.24) is 14.9 Å². The molecule has 2 saturated heterocycles. The van der Waals surface area contributed by atoms with Crippen LogP contribution in [0.3, 0.4) is 0 Å². The van der Waals surface area contributed by atoms with E-state index in [0.29, 0.717) is 25.9 Å². The van der Waals surface area contributed by atoms with Crippen molar-refractivity contribution >= 4 is 11.7 Å². The minimum atomic E-state index is -4.51. The van der Waals surface area contributed by atoms with Crippen molar-refractivity contribution in [2.45, 2.75) is 37.6 Å². The van der Waals surface area contributed by atoms with Crippen LogP contribution < -0.4 is 4.90 Å². The number of carbonyl (C=O) groups excluding carboxylic acids is 1. The molecule has 4 rings (SSSR count). The molecule has 2 fully saturated rings. The fraction of sp³-hybridized carbons (Fsp3) is 0.389. The lowest BCUT2D eigenvalue weighted by Crippen LogP contribution is -2.37. The van der Waals surface area contributed by atoms with E-state index in [1.54, 1.807) is 0 Å². The van der Waals surface area contributed by atoms with Crippen LogP contribution in [0.1, 0.15) is 24.1 Å². The Morgan fingerprint density at radius 3 is 2.62 bits per heavy atom. The van der Waals surface area contributed by atoms with Crippen molar-refractivity contribution in [3.05, 3.63) is 54.0 Å². The molecular weight excluding hydrogens is 345 g/mol. The van der Waals surface area contributed by atoms with E-state index >= 15 is 0 Å². The first-order valence-corrected chi connectivity index (χ1v) is 8.43. The molecule has 26 heavy (non-hydrogen) atoms. The highest BCUT2D eigenvalue weighted by Crippen LogP contribution is 2.37. The van der Waals surface area contributed by atoms with Crippen molar-refractivity contribution in [1.29, 1.82) is 0 Å². The van der Waals surface area contributed by atoms with Crippen molar-refractivity contribution in [3.63, 3.8) is 0 Å². The summed E-state index contributed by atoms with van der Waals surface area (Å²) in [7, 11) is 0. The van der Waals surface area contributed by atoms with E-state index in [1.807, 2.05) is 40.1 Å². The van der Waals surface area contributed by atoms with Gasteiger partial charge in [-0.2, -0.15) is 13.2 Å². The third kappa shape index (κ3) is 3.00. The fourth-order valence-electron chi connectivity index (χ4n) is 3.86. The van der Waals surface area contributed by atoms with Gasteiger partial charge in [0.2, 0.25) is 5.91 Å². The number of rotatable bonds is 3. The van der Waals surface area contributed by atoms with Crippen LogP contribution in [0.25, 0.3) is 0 Å². The zero-order chi connectivity index (χ0) is 18.3. The quantitative estimate of drug-likeness (QED) is 0.843. The maximum absolute atomic E-state index is 12.9. The number of benzene rings is 1. The summed E-state index contributed by atoms with van der Waals surface area (Å²) >= 11 is 0. The van der Waals surface area contributed by atoms with Crippen LogP contribution in [0.4, 0.5) is 19.0 Å². The van der Waals surface area contributed by atoms with Gasteiger partial charge in [-0.15, -0.1) is 0 Å². The summed E-state index contributed by atoms with van der Waals surface area (Å²) in [5.74, 6) is 0.257. The molecule has 1 aromatic carbocycles. The molecule has 0 bridgehead atoms. The lowest BCUT2D eigenvalue weighted by molar-refractivity contribution is -0.141. The molecule has 8 heteroatoms. The van der Waals surface area contributed by atoms with Crippen LogP contribution in [-0.4, -0.2) is 39.4 Å². The molecule has 1 amide bonds. The number of halogens is 3. The molecule has 0 N–H and O–H groups in total. The third-order valence-electron chi connectivity index (χ3n) is 5.05. The molecule has 0 aliphatic carbocycles. The second-order valence-electron chi connectivity index (χ2n) is 6.59. The zero-order valence-electron chi connectivity index (χ0n) is 13.9. The molecule has 5 nitrogen and oxygen atoms in total. The number of alkyl halides is 3. The molecule has 2 aliphatic heterocycles. The van der Waals surface area contributed by atoms with E-state index in [4.69, 9.17) is 0 Å². The minimum absolute atomic E-state index is 0.00740. The lowest BCUT2D eigenvalue weighted by atomic mass is 10.1. The van der Waals surface area contributed by atoms with Gasteiger partial charge in [0.05, 0.1) is 12.1 Å². The number of aromatic nitrogens is 2. The summed E-state index contributed by atoms with van der Waals surface area (Å²) < 4.78 is 38.8. The Morgan fingerprint density at radius 1 is 1.12 bits per heavy atom. The molecule has 1 aromatic heterocycles. The molecule has 0 saturated carbocycles. The summed E-state index contributed by atoms with van der Waals surface area (Å²) in [4.78, 5) is 23.5. The maximum Gasteiger partial charge on any atom is 0.433 e. The first kappa shape index (κ1) is 16.8. The van der Waals surface area contributed by atoms with Gasteiger partial charge < -0.3 is 9.80 Å².